The Balaban J connectivity index is 1.74. The summed E-state index contributed by atoms with van der Waals surface area (Å²) in [4.78, 5) is 11.0. The third-order valence-electron chi connectivity index (χ3n) is 3.51. The third kappa shape index (κ3) is 6.64. The van der Waals surface area contributed by atoms with E-state index in [9.17, 15) is 4.79 Å². The van der Waals surface area contributed by atoms with Gasteiger partial charge < -0.3 is 19.9 Å². The topological polar surface area (TPSA) is 67.8 Å². The van der Waals surface area contributed by atoms with Crippen LogP contribution in [0.1, 0.15) is 18.9 Å². The lowest BCUT2D eigenvalue weighted by atomic mass is 10.2. The molecule has 1 atom stereocenters. The monoisotopic (exact) mass is 363 g/mol. The zero-order valence-electron chi connectivity index (χ0n) is 14.1. The first kappa shape index (κ1) is 19.1. The summed E-state index contributed by atoms with van der Waals surface area (Å²) in [5.74, 6) is 0.386. The van der Waals surface area contributed by atoms with Gasteiger partial charge >= 0.3 is 5.97 Å². The van der Waals surface area contributed by atoms with Crippen LogP contribution in [0.5, 0.6) is 11.5 Å². The Hall–Kier alpha value is -2.24. The van der Waals surface area contributed by atoms with Gasteiger partial charge in [-0.15, -0.1) is 0 Å². The normalized spacial score (nSPS) is 11.8. The van der Waals surface area contributed by atoms with Crippen LogP contribution in [0.3, 0.4) is 0 Å². The Morgan fingerprint density at radius 3 is 2.64 bits per heavy atom. The lowest BCUT2D eigenvalue weighted by Crippen LogP contribution is -2.26. The second-order valence-corrected chi connectivity index (χ2v) is 5.92. The number of halogens is 1. The van der Waals surface area contributed by atoms with Gasteiger partial charge in [-0.3, -0.25) is 0 Å². The van der Waals surface area contributed by atoms with Crippen molar-refractivity contribution in [3.63, 3.8) is 0 Å². The minimum Gasteiger partial charge on any atom is -0.492 e. The van der Waals surface area contributed by atoms with Crippen LogP contribution in [-0.4, -0.2) is 30.3 Å². The van der Waals surface area contributed by atoms with Gasteiger partial charge in [0.1, 0.15) is 18.1 Å². The van der Waals surface area contributed by atoms with Gasteiger partial charge in [0.05, 0.1) is 0 Å². The van der Waals surface area contributed by atoms with E-state index in [0.29, 0.717) is 36.9 Å². The number of ether oxygens (including phenoxy) is 2. The summed E-state index contributed by atoms with van der Waals surface area (Å²) in [6.07, 6.45) is -0.407. The minimum absolute atomic E-state index is 0.417. The molecule has 0 saturated carbocycles. The van der Waals surface area contributed by atoms with E-state index in [2.05, 4.69) is 5.32 Å². The van der Waals surface area contributed by atoms with Gasteiger partial charge in [-0.1, -0.05) is 30.7 Å². The second-order valence-electron chi connectivity index (χ2n) is 5.48. The number of hydrogen-bond donors (Lipinski definition) is 2. The number of carbonyl (C=O) groups is 1. The van der Waals surface area contributed by atoms with Gasteiger partial charge in [0.2, 0.25) is 0 Å². The largest absolute Gasteiger partial charge is 0.492 e. The first-order chi connectivity index (χ1) is 12.1. The highest BCUT2D eigenvalue weighted by molar-refractivity contribution is 6.30. The lowest BCUT2D eigenvalue weighted by Gasteiger charge is -2.14. The Morgan fingerprint density at radius 1 is 1.20 bits per heavy atom. The van der Waals surface area contributed by atoms with Crippen molar-refractivity contribution < 1.29 is 19.4 Å². The molecule has 5 nitrogen and oxygen atoms in total. The molecular formula is C19H22ClNO4. The average molecular weight is 364 g/mol. The first-order valence-corrected chi connectivity index (χ1v) is 8.53. The van der Waals surface area contributed by atoms with Gasteiger partial charge in [-0.25, -0.2) is 4.79 Å². The lowest BCUT2D eigenvalue weighted by molar-refractivity contribution is -0.145. The van der Waals surface area contributed by atoms with Crippen molar-refractivity contribution >= 4 is 17.6 Å². The van der Waals surface area contributed by atoms with Crippen molar-refractivity contribution in [2.45, 2.75) is 26.0 Å². The number of aliphatic carboxylic acids is 1. The van der Waals surface area contributed by atoms with Gasteiger partial charge in [0.25, 0.3) is 0 Å². The Bertz CT molecular complexity index is 675. The molecule has 6 heteroatoms. The zero-order chi connectivity index (χ0) is 18.1. The molecule has 2 aromatic rings. The summed E-state index contributed by atoms with van der Waals surface area (Å²) in [6, 6.07) is 14.7. The first-order valence-electron chi connectivity index (χ1n) is 8.16. The van der Waals surface area contributed by atoms with Gasteiger partial charge in [0, 0.05) is 18.1 Å². The standard InChI is InChI=1S/C19H22ClNO4/c1-2-18(19(22)23)25-17-5-3-4-14(12-17)13-21-10-11-24-16-8-6-15(20)7-9-16/h3-9,12,18,21H,2,10-11,13H2,1H3,(H,22,23)/t18-/m1/s1. The molecule has 25 heavy (non-hydrogen) atoms. The van der Waals surface area contributed by atoms with Crippen LogP contribution < -0.4 is 14.8 Å². The predicted molar refractivity (Wildman–Crippen MR) is 97.4 cm³/mol. The zero-order valence-corrected chi connectivity index (χ0v) is 14.8. The highest BCUT2D eigenvalue weighted by Crippen LogP contribution is 2.17. The van der Waals surface area contributed by atoms with E-state index in [-0.39, 0.29) is 0 Å². The van der Waals surface area contributed by atoms with Crippen molar-refractivity contribution in [3.05, 3.63) is 59.1 Å². The van der Waals surface area contributed by atoms with Gasteiger partial charge in [-0.2, -0.15) is 0 Å². The Labute approximate surface area is 152 Å². The van der Waals surface area contributed by atoms with E-state index in [1.165, 1.54) is 0 Å². The van der Waals surface area contributed by atoms with Crippen LogP contribution >= 0.6 is 11.6 Å². The Kier molecular flexibility index (Phi) is 7.57. The van der Waals surface area contributed by atoms with Crippen molar-refractivity contribution in [2.75, 3.05) is 13.2 Å². The summed E-state index contributed by atoms with van der Waals surface area (Å²) in [7, 11) is 0. The molecule has 0 amide bonds. The highest BCUT2D eigenvalue weighted by atomic mass is 35.5. The molecule has 0 saturated heterocycles. The molecule has 0 aliphatic carbocycles. The molecule has 0 fully saturated rings. The molecule has 0 spiro atoms. The predicted octanol–water partition coefficient (Wildman–Crippen LogP) is 3.75. The summed E-state index contributed by atoms with van der Waals surface area (Å²) in [5.41, 5.74) is 1.02. The molecule has 0 unspecified atom stereocenters. The van der Waals surface area contributed by atoms with Crippen LogP contribution in [0.25, 0.3) is 0 Å². The van der Waals surface area contributed by atoms with Crippen molar-refractivity contribution in [1.29, 1.82) is 0 Å². The number of carboxylic acid groups (broad SMARTS) is 1. The fourth-order valence-corrected chi connectivity index (χ4v) is 2.33. The molecule has 134 valence electrons. The quantitative estimate of drug-likeness (QED) is 0.629. The van der Waals surface area contributed by atoms with Crippen LogP contribution in [-0.2, 0) is 11.3 Å². The van der Waals surface area contributed by atoms with Crippen LogP contribution in [0.4, 0.5) is 0 Å². The van der Waals surface area contributed by atoms with Gasteiger partial charge in [0.15, 0.2) is 6.10 Å². The van der Waals surface area contributed by atoms with E-state index in [1.807, 2.05) is 30.3 Å². The number of nitrogens with one attached hydrogen (secondary N) is 1. The fourth-order valence-electron chi connectivity index (χ4n) is 2.21. The third-order valence-corrected chi connectivity index (χ3v) is 3.77. The summed E-state index contributed by atoms with van der Waals surface area (Å²) in [6.45, 7) is 3.64. The average Bonchev–Trinajstić information content (AvgIpc) is 2.61. The molecule has 2 rings (SSSR count). The Morgan fingerprint density at radius 2 is 1.96 bits per heavy atom. The van der Waals surface area contributed by atoms with E-state index in [4.69, 9.17) is 26.2 Å². The van der Waals surface area contributed by atoms with E-state index >= 15 is 0 Å². The molecule has 0 radical (unpaired) electrons. The molecule has 2 aromatic carbocycles. The van der Waals surface area contributed by atoms with E-state index in [0.717, 1.165) is 11.3 Å². The SMILES string of the molecule is CC[C@@H](Oc1cccc(CNCCOc2ccc(Cl)cc2)c1)C(=O)O. The molecule has 0 aromatic heterocycles. The summed E-state index contributed by atoms with van der Waals surface area (Å²) >= 11 is 5.82. The maximum atomic E-state index is 11.0. The van der Waals surface area contributed by atoms with E-state index < -0.39 is 12.1 Å². The van der Waals surface area contributed by atoms with Crippen molar-refractivity contribution in [1.82, 2.24) is 5.32 Å². The summed E-state index contributed by atoms with van der Waals surface area (Å²) in [5, 5.41) is 13.0. The van der Waals surface area contributed by atoms with Crippen LogP contribution in [0.15, 0.2) is 48.5 Å². The molecule has 0 heterocycles. The number of hydrogen-bond acceptors (Lipinski definition) is 4. The van der Waals surface area contributed by atoms with Crippen LogP contribution in [0, 0.1) is 0 Å². The smallest absolute Gasteiger partial charge is 0.344 e. The highest BCUT2D eigenvalue weighted by Gasteiger charge is 2.16. The number of rotatable bonds is 10. The molecule has 0 aliphatic heterocycles. The number of carboxylic acids is 1. The minimum atomic E-state index is -0.953. The van der Waals surface area contributed by atoms with Gasteiger partial charge in [-0.05, 0) is 48.4 Å². The maximum absolute atomic E-state index is 11.0. The van der Waals surface area contributed by atoms with Crippen molar-refractivity contribution in [3.8, 4) is 11.5 Å². The van der Waals surface area contributed by atoms with Crippen LogP contribution in [0.2, 0.25) is 5.02 Å². The van der Waals surface area contributed by atoms with E-state index in [1.54, 1.807) is 25.1 Å². The van der Waals surface area contributed by atoms with Crippen molar-refractivity contribution in [2.24, 2.45) is 0 Å². The second kappa shape index (κ2) is 9.91. The molecular weight excluding hydrogens is 342 g/mol. The molecule has 2 N–H and O–H groups in total. The number of benzene rings is 2. The summed E-state index contributed by atoms with van der Waals surface area (Å²) < 4.78 is 11.1. The molecule has 0 aliphatic rings. The maximum Gasteiger partial charge on any atom is 0.344 e. The fraction of sp³-hybridized carbons (Fsp3) is 0.316. The molecule has 0 bridgehead atoms.